The lowest BCUT2D eigenvalue weighted by atomic mass is 10.2. The van der Waals surface area contributed by atoms with E-state index in [0.29, 0.717) is 0 Å². The second kappa shape index (κ2) is 6.29. The Morgan fingerprint density at radius 1 is 1.00 bits per heavy atom. The fourth-order valence-electron chi connectivity index (χ4n) is 2.03. The summed E-state index contributed by atoms with van der Waals surface area (Å²) in [6.07, 6.45) is 0. The van der Waals surface area contributed by atoms with Crippen LogP contribution in [0.5, 0.6) is 0 Å². The topological polar surface area (TPSA) is 26.7 Å². The van der Waals surface area contributed by atoms with E-state index in [4.69, 9.17) is 5.11 Å². The van der Waals surface area contributed by atoms with Crippen LogP contribution in [0.2, 0.25) is 0 Å². The van der Waals surface area contributed by atoms with E-state index in [1.54, 1.807) is 0 Å². The van der Waals surface area contributed by atoms with E-state index >= 15 is 0 Å². The van der Waals surface area contributed by atoms with E-state index in [1.807, 2.05) is 6.07 Å². The number of nitrogens with zero attached hydrogens (tertiary/aromatic N) is 2. The molecule has 1 saturated heterocycles. The highest BCUT2D eigenvalue weighted by Gasteiger charge is 2.15. The first kappa shape index (κ1) is 12.0. The van der Waals surface area contributed by atoms with Crippen molar-refractivity contribution < 1.29 is 5.11 Å². The first-order chi connectivity index (χ1) is 8.40. The standard InChI is InChI=1S/C14H18N2O/c17-13-5-4-8-15-9-11-16(12-10-15)14-6-2-1-3-7-14/h1-3,6-7,17H,8-13H2. The molecule has 1 N–H and O–H groups in total. The molecule has 3 heteroatoms. The predicted octanol–water partition coefficient (Wildman–Crippen LogP) is 0.804. The van der Waals surface area contributed by atoms with Crippen LogP contribution < -0.4 is 4.90 Å². The first-order valence-corrected chi connectivity index (χ1v) is 5.99. The van der Waals surface area contributed by atoms with Gasteiger partial charge in [0, 0.05) is 31.9 Å². The maximum atomic E-state index is 8.59. The van der Waals surface area contributed by atoms with Gasteiger partial charge in [-0.05, 0) is 12.1 Å². The Bertz CT molecular complexity index is 386. The minimum absolute atomic E-state index is 0.0377. The van der Waals surface area contributed by atoms with E-state index in [1.165, 1.54) is 5.69 Å². The lowest BCUT2D eigenvalue weighted by molar-refractivity contribution is 0.287. The zero-order valence-electron chi connectivity index (χ0n) is 9.97. The van der Waals surface area contributed by atoms with Crippen molar-refractivity contribution in [1.82, 2.24) is 4.90 Å². The van der Waals surface area contributed by atoms with Crippen LogP contribution >= 0.6 is 0 Å². The molecule has 1 aromatic rings. The van der Waals surface area contributed by atoms with E-state index in [9.17, 15) is 0 Å². The van der Waals surface area contributed by atoms with Gasteiger partial charge >= 0.3 is 0 Å². The Hall–Kier alpha value is -1.50. The highest BCUT2D eigenvalue weighted by Crippen LogP contribution is 2.15. The molecule has 0 unspecified atom stereocenters. The molecule has 0 aliphatic carbocycles. The minimum Gasteiger partial charge on any atom is -0.384 e. The molecule has 1 aromatic carbocycles. The average molecular weight is 230 g/mol. The zero-order valence-corrected chi connectivity index (χ0v) is 9.97. The number of anilines is 1. The Labute approximate surface area is 103 Å². The van der Waals surface area contributed by atoms with Crippen LogP contribution in [0, 0.1) is 11.8 Å². The second-order valence-corrected chi connectivity index (χ2v) is 4.11. The van der Waals surface area contributed by atoms with Crippen molar-refractivity contribution in [1.29, 1.82) is 0 Å². The normalized spacial score (nSPS) is 16.4. The summed E-state index contributed by atoms with van der Waals surface area (Å²) in [4.78, 5) is 4.72. The van der Waals surface area contributed by atoms with Gasteiger partial charge < -0.3 is 10.0 Å². The van der Waals surface area contributed by atoms with Crippen molar-refractivity contribution in [2.45, 2.75) is 0 Å². The van der Waals surface area contributed by atoms with Crippen molar-refractivity contribution in [3.63, 3.8) is 0 Å². The highest BCUT2D eigenvalue weighted by molar-refractivity contribution is 5.46. The summed E-state index contributed by atoms with van der Waals surface area (Å²) in [6.45, 7) is 4.90. The number of aliphatic hydroxyl groups is 1. The van der Waals surface area contributed by atoms with Crippen LogP contribution in [0.4, 0.5) is 5.69 Å². The van der Waals surface area contributed by atoms with Gasteiger partial charge in [-0.2, -0.15) is 0 Å². The molecule has 0 amide bonds. The van der Waals surface area contributed by atoms with E-state index in [2.05, 4.69) is 45.9 Å². The summed E-state index contributed by atoms with van der Waals surface area (Å²) in [5, 5.41) is 8.59. The molecule has 0 radical (unpaired) electrons. The Morgan fingerprint density at radius 2 is 1.71 bits per heavy atom. The summed E-state index contributed by atoms with van der Waals surface area (Å²) >= 11 is 0. The largest absolute Gasteiger partial charge is 0.384 e. The van der Waals surface area contributed by atoms with Crippen molar-refractivity contribution in [2.24, 2.45) is 0 Å². The summed E-state index contributed by atoms with van der Waals surface area (Å²) in [7, 11) is 0. The van der Waals surface area contributed by atoms with Crippen LogP contribution in [0.25, 0.3) is 0 Å². The van der Waals surface area contributed by atoms with Crippen molar-refractivity contribution in [3.05, 3.63) is 30.3 Å². The number of para-hydroxylation sites is 1. The summed E-state index contributed by atoms with van der Waals surface area (Å²) in [6, 6.07) is 10.5. The van der Waals surface area contributed by atoms with Gasteiger partial charge in [-0.3, -0.25) is 4.90 Å². The van der Waals surface area contributed by atoms with Crippen molar-refractivity contribution >= 4 is 5.69 Å². The lowest BCUT2D eigenvalue weighted by Crippen LogP contribution is -2.46. The number of benzene rings is 1. The molecule has 0 saturated carbocycles. The van der Waals surface area contributed by atoms with Crippen molar-refractivity contribution in [3.8, 4) is 11.8 Å². The molecule has 90 valence electrons. The molecule has 1 heterocycles. The van der Waals surface area contributed by atoms with Gasteiger partial charge in [0.05, 0.1) is 6.54 Å². The molecule has 1 aliphatic heterocycles. The second-order valence-electron chi connectivity index (χ2n) is 4.11. The molecule has 0 atom stereocenters. The fraction of sp³-hybridized carbons (Fsp3) is 0.429. The predicted molar refractivity (Wildman–Crippen MR) is 70.0 cm³/mol. The van der Waals surface area contributed by atoms with Gasteiger partial charge in [0.25, 0.3) is 0 Å². The maximum absolute atomic E-state index is 8.59. The molecule has 2 rings (SSSR count). The number of hydrogen-bond donors (Lipinski definition) is 1. The van der Waals surface area contributed by atoms with Gasteiger partial charge in [-0.1, -0.05) is 30.0 Å². The van der Waals surface area contributed by atoms with Gasteiger partial charge in [0.1, 0.15) is 6.61 Å². The monoisotopic (exact) mass is 230 g/mol. The summed E-state index contributed by atoms with van der Waals surface area (Å²) in [5.74, 6) is 5.66. The number of aliphatic hydroxyl groups excluding tert-OH is 1. The Kier molecular flexibility index (Phi) is 4.43. The summed E-state index contributed by atoms with van der Waals surface area (Å²) in [5.41, 5.74) is 1.30. The average Bonchev–Trinajstić information content (AvgIpc) is 2.41. The third-order valence-corrected chi connectivity index (χ3v) is 3.00. The Morgan fingerprint density at radius 3 is 2.35 bits per heavy atom. The van der Waals surface area contributed by atoms with Gasteiger partial charge in [0.15, 0.2) is 0 Å². The highest BCUT2D eigenvalue weighted by atomic mass is 16.2. The molecule has 3 nitrogen and oxygen atoms in total. The Balaban J connectivity index is 1.82. The molecule has 17 heavy (non-hydrogen) atoms. The van der Waals surface area contributed by atoms with Crippen LogP contribution in [0.3, 0.4) is 0 Å². The van der Waals surface area contributed by atoms with E-state index in [0.717, 1.165) is 32.7 Å². The van der Waals surface area contributed by atoms with Crippen LogP contribution in [-0.2, 0) is 0 Å². The number of piperazine rings is 1. The van der Waals surface area contributed by atoms with Crippen LogP contribution in [0.1, 0.15) is 0 Å². The minimum atomic E-state index is -0.0377. The van der Waals surface area contributed by atoms with Crippen LogP contribution in [-0.4, -0.2) is 49.3 Å². The zero-order chi connectivity index (χ0) is 11.9. The SMILES string of the molecule is OCC#CCN1CCN(c2ccccc2)CC1. The molecule has 0 aromatic heterocycles. The molecule has 1 aliphatic rings. The van der Waals surface area contributed by atoms with Gasteiger partial charge in [0.2, 0.25) is 0 Å². The molecular formula is C14H18N2O. The van der Waals surface area contributed by atoms with E-state index < -0.39 is 0 Å². The lowest BCUT2D eigenvalue weighted by Gasteiger charge is -2.35. The summed E-state index contributed by atoms with van der Waals surface area (Å²) < 4.78 is 0. The molecule has 0 spiro atoms. The maximum Gasteiger partial charge on any atom is 0.104 e. The third kappa shape index (κ3) is 3.48. The van der Waals surface area contributed by atoms with Crippen LogP contribution in [0.15, 0.2) is 30.3 Å². The third-order valence-electron chi connectivity index (χ3n) is 3.00. The van der Waals surface area contributed by atoms with Crippen molar-refractivity contribution in [2.75, 3.05) is 44.2 Å². The number of rotatable bonds is 2. The van der Waals surface area contributed by atoms with Gasteiger partial charge in [-0.15, -0.1) is 0 Å². The number of hydrogen-bond acceptors (Lipinski definition) is 3. The molecule has 1 fully saturated rings. The fourth-order valence-corrected chi connectivity index (χ4v) is 2.03. The first-order valence-electron chi connectivity index (χ1n) is 5.99. The van der Waals surface area contributed by atoms with Gasteiger partial charge in [-0.25, -0.2) is 0 Å². The van der Waals surface area contributed by atoms with E-state index in [-0.39, 0.29) is 6.61 Å². The molecular weight excluding hydrogens is 212 g/mol. The smallest absolute Gasteiger partial charge is 0.104 e. The molecule has 0 bridgehead atoms. The quantitative estimate of drug-likeness (QED) is 0.761.